The molecule has 3 amide bonds. The molecule has 1 heterocycles. The molecule has 0 unspecified atom stereocenters. The average molecular weight is 441 g/mol. The molecule has 0 aliphatic heterocycles. The molecule has 0 atom stereocenters. The van der Waals surface area contributed by atoms with Crippen molar-refractivity contribution in [3.8, 4) is 0 Å². The number of amides is 3. The van der Waals surface area contributed by atoms with E-state index in [2.05, 4.69) is 20.9 Å². The van der Waals surface area contributed by atoms with Crippen LogP contribution in [0.25, 0.3) is 11.0 Å². The summed E-state index contributed by atoms with van der Waals surface area (Å²) in [4.78, 5) is 41.7. The second kappa shape index (κ2) is 9.35. The molecule has 0 saturated carbocycles. The van der Waals surface area contributed by atoms with Crippen molar-refractivity contribution in [3.05, 3.63) is 94.4 Å². The minimum atomic E-state index is -0.386. The van der Waals surface area contributed by atoms with Crippen molar-refractivity contribution in [2.24, 2.45) is 0 Å². The molecular formula is C25H23N5O3. The Morgan fingerprint density at radius 3 is 2.24 bits per heavy atom. The number of anilines is 3. The van der Waals surface area contributed by atoms with Crippen LogP contribution in [-0.4, -0.2) is 21.5 Å². The molecule has 0 radical (unpaired) electrons. The van der Waals surface area contributed by atoms with Gasteiger partial charge in [0.2, 0.25) is 0 Å². The van der Waals surface area contributed by atoms with Crippen LogP contribution in [0.4, 0.5) is 21.9 Å². The van der Waals surface area contributed by atoms with Gasteiger partial charge in [-0.25, -0.2) is 9.78 Å². The largest absolute Gasteiger partial charge is 0.323 e. The van der Waals surface area contributed by atoms with Crippen LogP contribution in [0.3, 0.4) is 0 Å². The summed E-state index contributed by atoms with van der Waals surface area (Å²) < 4.78 is 1.63. The predicted octanol–water partition coefficient (Wildman–Crippen LogP) is 4.62. The van der Waals surface area contributed by atoms with Gasteiger partial charge in [-0.3, -0.25) is 9.59 Å². The highest BCUT2D eigenvalue weighted by atomic mass is 16.2. The van der Waals surface area contributed by atoms with E-state index in [1.165, 1.54) is 0 Å². The smallest absolute Gasteiger partial charge is 0.322 e. The molecule has 3 aromatic carbocycles. The van der Waals surface area contributed by atoms with E-state index in [1.807, 2.05) is 25.1 Å². The summed E-state index contributed by atoms with van der Waals surface area (Å²) in [7, 11) is 0. The standard InChI is InChI=1S/C25H23N5O3/c1-3-30-22-13-12-17(14-21(22)26-16(2)24(30)32)23(31)27-19-10-7-11-20(15-19)29-25(33)28-18-8-5-4-6-9-18/h4-15H,3H2,1-2H3,(H,27,31)(H2,28,29,33). The molecule has 3 N–H and O–H groups in total. The maximum Gasteiger partial charge on any atom is 0.323 e. The molecule has 0 spiro atoms. The van der Waals surface area contributed by atoms with Crippen molar-refractivity contribution >= 4 is 40.0 Å². The van der Waals surface area contributed by atoms with Crippen LogP contribution in [0.1, 0.15) is 23.0 Å². The Morgan fingerprint density at radius 2 is 1.52 bits per heavy atom. The number of carbonyl (C=O) groups excluding carboxylic acids is 2. The summed E-state index contributed by atoms with van der Waals surface area (Å²) in [5.74, 6) is -0.323. The molecule has 0 fully saturated rings. The average Bonchev–Trinajstić information content (AvgIpc) is 2.80. The molecule has 0 saturated heterocycles. The van der Waals surface area contributed by atoms with Gasteiger partial charge in [0.15, 0.2) is 0 Å². The van der Waals surface area contributed by atoms with Gasteiger partial charge in [0, 0.05) is 29.2 Å². The quantitative estimate of drug-likeness (QED) is 0.420. The van der Waals surface area contributed by atoms with Gasteiger partial charge >= 0.3 is 6.03 Å². The van der Waals surface area contributed by atoms with E-state index >= 15 is 0 Å². The van der Waals surface area contributed by atoms with Crippen LogP contribution in [-0.2, 0) is 6.54 Å². The highest BCUT2D eigenvalue weighted by Gasteiger charge is 2.12. The van der Waals surface area contributed by atoms with E-state index in [1.54, 1.807) is 66.1 Å². The Bertz CT molecular complexity index is 1400. The second-order valence-electron chi connectivity index (χ2n) is 7.43. The molecule has 33 heavy (non-hydrogen) atoms. The number of rotatable bonds is 5. The van der Waals surface area contributed by atoms with Gasteiger partial charge in [-0.1, -0.05) is 24.3 Å². The van der Waals surface area contributed by atoms with Gasteiger partial charge in [0.05, 0.1) is 11.0 Å². The van der Waals surface area contributed by atoms with Crippen molar-refractivity contribution in [3.63, 3.8) is 0 Å². The molecular weight excluding hydrogens is 418 g/mol. The van der Waals surface area contributed by atoms with E-state index in [0.717, 1.165) is 0 Å². The second-order valence-corrected chi connectivity index (χ2v) is 7.43. The highest BCUT2D eigenvalue weighted by molar-refractivity contribution is 6.06. The maximum absolute atomic E-state index is 12.8. The van der Waals surface area contributed by atoms with Gasteiger partial charge in [-0.15, -0.1) is 0 Å². The van der Waals surface area contributed by atoms with E-state index < -0.39 is 0 Å². The van der Waals surface area contributed by atoms with Crippen molar-refractivity contribution in [2.45, 2.75) is 20.4 Å². The third kappa shape index (κ3) is 4.90. The van der Waals surface area contributed by atoms with Crippen molar-refractivity contribution in [1.29, 1.82) is 0 Å². The lowest BCUT2D eigenvalue weighted by atomic mass is 10.1. The van der Waals surface area contributed by atoms with Gasteiger partial charge in [-0.2, -0.15) is 0 Å². The number of urea groups is 1. The molecule has 8 nitrogen and oxygen atoms in total. The number of hydrogen-bond acceptors (Lipinski definition) is 4. The van der Waals surface area contributed by atoms with E-state index in [-0.39, 0.29) is 17.5 Å². The first-order chi connectivity index (χ1) is 15.9. The van der Waals surface area contributed by atoms with Gasteiger partial charge in [-0.05, 0) is 62.4 Å². The fraction of sp³-hybridized carbons (Fsp3) is 0.120. The van der Waals surface area contributed by atoms with Gasteiger partial charge in [0.25, 0.3) is 11.5 Å². The Hall–Kier alpha value is -4.46. The topological polar surface area (TPSA) is 105 Å². The number of carbonyl (C=O) groups is 2. The van der Waals surface area contributed by atoms with Crippen LogP contribution in [0.15, 0.2) is 77.6 Å². The Balaban J connectivity index is 1.49. The molecule has 4 aromatic rings. The summed E-state index contributed by atoms with van der Waals surface area (Å²) in [6.07, 6.45) is 0. The fourth-order valence-corrected chi connectivity index (χ4v) is 3.52. The number of benzene rings is 3. The zero-order chi connectivity index (χ0) is 23.4. The lowest BCUT2D eigenvalue weighted by Crippen LogP contribution is -2.23. The molecule has 0 aliphatic carbocycles. The minimum Gasteiger partial charge on any atom is -0.322 e. The van der Waals surface area contributed by atoms with Gasteiger partial charge in [0.1, 0.15) is 5.69 Å². The molecule has 8 heteroatoms. The Morgan fingerprint density at radius 1 is 0.848 bits per heavy atom. The number of para-hydroxylation sites is 1. The first-order valence-electron chi connectivity index (χ1n) is 10.5. The maximum atomic E-state index is 12.8. The number of fused-ring (bicyclic) bond motifs is 1. The van der Waals surface area contributed by atoms with E-state index in [9.17, 15) is 14.4 Å². The molecule has 0 bridgehead atoms. The fourth-order valence-electron chi connectivity index (χ4n) is 3.52. The summed E-state index contributed by atoms with van der Waals surface area (Å²) >= 11 is 0. The van der Waals surface area contributed by atoms with Gasteiger partial charge < -0.3 is 20.5 Å². The first-order valence-corrected chi connectivity index (χ1v) is 10.5. The van der Waals surface area contributed by atoms with Crippen molar-refractivity contribution in [2.75, 3.05) is 16.0 Å². The van der Waals surface area contributed by atoms with Crippen LogP contribution >= 0.6 is 0 Å². The minimum absolute atomic E-state index is 0.136. The molecule has 4 rings (SSSR count). The van der Waals surface area contributed by atoms with Crippen LogP contribution < -0.4 is 21.5 Å². The predicted molar refractivity (Wildman–Crippen MR) is 130 cm³/mol. The van der Waals surface area contributed by atoms with Crippen LogP contribution in [0.2, 0.25) is 0 Å². The third-order valence-electron chi connectivity index (χ3n) is 5.10. The van der Waals surface area contributed by atoms with E-state index in [0.29, 0.717) is 45.9 Å². The van der Waals surface area contributed by atoms with Crippen molar-refractivity contribution in [1.82, 2.24) is 9.55 Å². The van der Waals surface area contributed by atoms with Crippen LogP contribution in [0.5, 0.6) is 0 Å². The summed E-state index contributed by atoms with van der Waals surface area (Å²) in [6, 6.07) is 20.6. The zero-order valence-electron chi connectivity index (χ0n) is 18.3. The van der Waals surface area contributed by atoms with Crippen LogP contribution in [0, 0.1) is 6.92 Å². The van der Waals surface area contributed by atoms with Crippen molar-refractivity contribution < 1.29 is 9.59 Å². The normalized spacial score (nSPS) is 10.6. The molecule has 166 valence electrons. The first kappa shape index (κ1) is 21.8. The third-order valence-corrected chi connectivity index (χ3v) is 5.10. The lowest BCUT2D eigenvalue weighted by Gasteiger charge is -2.11. The monoisotopic (exact) mass is 441 g/mol. The number of aryl methyl sites for hydroxylation is 2. The highest BCUT2D eigenvalue weighted by Crippen LogP contribution is 2.19. The molecule has 1 aromatic heterocycles. The Kier molecular flexibility index (Phi) is 6.17. The number of hydrogen-bond donors (Lipinski definition) is 3. The summed E-state index contributed by atoms with van der Waals surface area (Å²) in [5.41, 5.74) is 3.65. The summed E-state index contributed by atoms with van der Waals surface area (Å²) in [5, 5.41) is 8.33. The van der Waals surface area contributed by atoms with E-state index in [4.69, 9.17) is 0 Å². The molecule has 0 aliphatic rings. The Labute approximate surface area is 190 Å². The number of aromatic nitrogens is 2. The lowest BCUT2D eigenvalue weighted by molar-refractivity contribution is 0.102. The summed E-state index contributed by atoms with van der Waals surface area (Å²) in [6.45, 7) is 4.07. The zero-order valence-corrected chi connectivity index (χ0v) is 18.3. The number of nitrogens with one attached hydrogen (secondary N) is 3. The number of nitrogens with zero attached hydrogens (tertiary/aromatic N) is 2. The SMILES string of the molecule is CCn1c(=O)c(C)nc2cc(C(=O)Nc3cccc(NC(=O)Nc4ccccc4)c3)ccc21.